The molecule has 5 atom stereocenters. The Hall–Kier alpha value is -2.71. The Morgan fingerprint density at radius 2 is 1.79 bits per heavy atom. The quantitative estimate of drug-likeness (QED) is 0.370. The first kappa shape index (κ1) is 21.0. The van der Waals surface area contributed by atoms with Crippen molar-refractivity contribution in [3.63, 3.8) is 0 Å². The molecular weight excluding hydrogens is 396 g/mol. The van der Waals surface area contributed by atoms with Gasteiger partial charge in [-0.15, -0.1) is 0 Å². The number of nitrogens with zero attached hydrogens (tertiary/aromatic N) is 2. The first-order chi connectivity index (χ1) is 13.5. The molecule has 2 N–H and O–H groups in total. The SMILES string of the molecule is CC1(C)OC2OC(C(O)CO)C(OC(=O)c3cc([N+](=O)[O-])cc([N+](=O)[O-])c3)C2O1. The van der Waals surface area contributed by atoms with Crippen LogP contribution in [0.25, 0.3) is 0 Å². The van der Waals surface area contributed by atoms with Gasteiger partial charge in [-0.25, -0.2) is 4.79 Å². The molecule has 2 aliphatic heterocycles. The lowest BCUT2D eigenvalue weighted by Crippen LogP contribution is -2.45. The van der Waals surface area contributed by atoms with Gasteiger partial charge >= 0.3 is 5.97 Å². The van der Waals surface area contributed by atoms with Crippen LogP contribution >= 0.6 is 0 Å². The van der Waals surface area contributed by atoms with Crippen molar-refractivity contribution in [3.8, 4) is 0 Å². The number of nitro benzene ring substituents is 2. The maximum atomic E-state index is 12.6. The van der Waals surface area contributed by atoms with E-state index in [4.69, 9.17) is 18.9 Å². The second-order valence-corrected chi connectivity index (χ2v) is 6.94. The lowest BCUT2D eigenvalue weighted by Gasteiger charge is -2.27. The second-order valence-electron chi connectivity index (χ2n) is 6.94. The van der Waals surface area contributed by atoms with Crippen molar-refractivity contribution in [2.45, 2.75) is 50.3 Å². The third-order valence-electron chi connectivity index (χ3n) is 4.40. The number of carbonyl (C=O) groups is 1. The van der Waals surface area contributed by atoms with Gasteiger partial charge in [0.1, 0.15) is 12.2 Å². The minimum Gasteiger partial charge on any atom is -0.453 e. The summed E-state index contributed by atoms with van der Waals surface area (Å²) < 4.78 is 22.0. The summed E-state index contributed by atoms with van der Waals surface area (Å²) in [7, 11) is 0. The molecule has 0 saturated carbocycles. The van der Waals surface area contributed by atoms with Crippen LogP contribution in [0, 0.1) is 20.2 Å². The summed E-state index contributed by atoms with van der Waals surface area (Å²) in [6, 6.07) is 2.37. The van der Waals surface area contributed by atoms with Gasteiger partial charge < -0.3 is 29.2 Å². The molecule has 0 radical (unpaired) electrons. The average molecular weight is 414 g/mol. The van der Waals surface area contributed by atoms with Crippen LogP contribution in [-0.2, 0) is 18.9 Å². The average Bonchev–Trinajstić information content (AvgIpc) is 3.13. The Kier molecular flexibility index (Phi) is 5.51. The highest BCUT2D eigenvalue weighted by molar-refractivity contribution is 5.91. The molecule has 2 saturated heterocycles. The van der Waals surface area contributed by atoms with Crippen LogP contribution in [0.15, 0.2) is 18.2 Å². The number of aliphatic hydroxyl groups is 2. The molecule has 1 aromatic carbocycles. The topological polar surface area (TPSA) is 181 Å². The van der Waals surface area contributed by atoms with Gasteiger partial charge in [-0.3, -0.25) is 20.2 Å². The van der Waals surface area contributed by atoms with Crippen molar-refractivity contribution >= 4 is 17.3 Å². The smallest absolute Gasteiger partial charge is 0.339 e. The molecule has 5 unspecified atom stereocenters. The summed E-state index contributed by atoms with van der Waals surface area (Å²) in [5, 5.41) is 41.2. The molecular formula is C16H18N2O11. The number of benzene rings is 1. The van der Waals surface area contributed by atoms with E-state index in [1.54, 1.807) is 13.8 Å². The molecule has 0 bridgehead atoms. The molecule has 3 rings (SSSR count). The maximum absolute atomic E-state index is 12.6. The summed E-state index contributed by atoms with van der Waals surface area (Å²) in [5.74, 6) is -2.20. The third kappa shape index (κ3) is 4.18. The van der Waals surface area contributed by atoms with Gasteiger partial charge in [0.25, 0.3) is 11.4 Å². The number of fused-ring (bicyclic) bond motifs is 1. The fraction of sp³-hybridized carbons (Fsp3) is 0.562. The number of carbonyl (C=O) groups excluding carboxylic acids is 1. The van der Waals surface area contributed by atoms with Crippen LogP contribution in [0.3, 0.4) is 0 Å². The molecule has 158 valence electrons. The molecule has 0 aliphatic carbocycles. The Labute approximate surface area is 163 Å². The number of nitro groups is 2. The van der Waals surface area contributed by atoms with Crippen LogP contribution in [0.4, 0.5) is 11.4 Å². The monoisotopic (exact) mass is 414 g/mol. The largest absolute Gasteiger partial charge is 0.453 e. The summed E-state index contributed by atoms with van der Waals surface area (Å²) >= 11 is 0. The van der Waals surface area contributed by atoms with Crippen LogP contribution in [0.5, 0.6) is 0 Å². The number of aliphatic hydroxyl groups excluding tert-OH is 2. The van der Waals surface area contributed by atoms with Crippen molar-refractivity contribution in [3.05, 3.63) is 44.0 Å². The number of hydrogen-bond donors (Lipinski definition) is 2. The van der Waals surface area contributed by atoms with Crippen molar-refractivity contribution in [2.75, 3.05) is 6.61 Å². The van der Waals surface area contributed by atoms with Crippen molar-refractivity contribution < 1.29 is 43.8 Å². The molecule has 0 amide bonds. The molecule has 0 spiro atoms. The number of rotatable bonds is 6. The highest BCUT2D eigenvalue weighted by Crippen LogP contribution is 2.40. The zero-order valence-electron chi connectivity index (χ0n) is 15.3. The number of hydrogen-bond acceptors (Lipinski definition) is 11. The van der Waals surface area contributed by atoms with E-state index < -0.39 is 75.9 Å². The molecule has 2 heterocycles. The minimum absolute atomic E-state index is 0.440. The van der Waals surface area contributed by atoms with Crippen LogP contribution in [0.2, 0.25) is 0 Å². The van der Waals surface area contributed by atoms with E-state index in [0.717, 1.165) is 12.1 Å². The zero-order valence-corrected chi connectivity index (χ0v) is 15.3. The van der Waals surface area contributed by atoms with Gasteiger partial charge in [-0.1, -0.05) is 0 Å². The zero-order chi connectivity index (χ0) is 21.5. The maximum Gasteiger partial charge on any atom is 0.339 e. The first-order valence-corrected chi connectivity index (χ1v) is 8.47. The standard InChI is InChI=1S/C16H18N2O11/c1-16(2)28-13-12(11(10(20)6-19)27-15(13)29-16)26-14(21)7-3-8(17(22)23)5-9(4-7)18(24)25/h3-5,10-13,15,19-20H,6H2,1-2H3. The summed E-state index contributed by atoms with van der Waals surface area (Å²) in [6.45, 7) is 2.48. The van der Waals surface area contributed by atoms with Crippen molar-refractivity contribution in [1.82, 2.24) is 0 Å². The minimum atomic E-state index is -1.44. The fourth-order valence-corrected chi connectivity index (χ4v) is 3.17. The van der Waals surface area contributed by atoms with E-state index in [-0.39, 0.29) is 0 Å². The van der Waals surface area contributed by atoms with E-state index in [9.17, 15) is 35.2 Å². The van der Waals surface area contributed by atoms with Gasteiger partial charge in [0.2, 0.25) is 0 Å². The van der Waals surface area contributed by atoms with E-state index in [0.29, 0.717) is 6.07 Å². The molecule has 2 fully saturated rings. The van der Waals surface area contributed by atoms with Crippen molar-refractivity contribution in [2.24, 2.45) is 0 Å². The molecule has 13 heteroatoms. The molecule has 2 aliphatic rings. The molecule has 0 aromatic heterocycles. The van der Waals surface area contributed by atoms with Gasteiger partial charge in [0.05, 0.1) is 28.1 Å². The lowest BCUT2D eigenvalue weighted by molar-refractivity contribution is -0.394. The van der Waals surface area contributed by atoms with E-state index in [1.807, 2.05) is 0 Å². The van der Waals surface area contributed by atoms with E-state index >= 15 is 0 Å². The predicted octanol–water partition coefficient (Wildman–Crippen LogP) is 0.258. The van der Waals surface area contributed by atoms with Gasteiger partial charge in [0, 0.05) is 12.1 Å². The number of non-ortho nitro benzene ring substituents is 2. The molecule has 1 aromatic rings. The lowest BCUT2D eigenvalue weighted by atomic mass is 10.1. The molecule has 29 heavy (non-hydrogen) atoms. The van der Waals surface area contributed by atoms with E-state index in [2.05, 4.69) is 0 Å². The number of ether oxygens (including phenoxy) is 4. The van der Waals surface area contributed by atoms with Crippen molar-refractivity contribution in [1.29, 1.82) is 0 Å². The Balaban J connectivity index is 1.89. The van der Waals surface area contributed by atoms with Gasteiger partial charge in [-0.05, 0) is 13.8 Å². The Bertz CT molecular complexity index is 810. The fourth-order valence-electron chi connectivity index (χ4n) is 3.17. The van der Waals surface area contributed by atoms with Crippen LogP contribution in [0.1, 0.15) is 24.2 Å². The van der Waals surface area contributed by atoms with Gasteiger partial charge in [-0.2, -0.15) is 0 Å². The molecule has 13 nitrogen and oxygen atoms in total. The predicted molar refractivity (Wildman–Crippen MR) is 90.7 cm³/mol. The number of esters is 1. The van der Waals surface area contributed by atoms with Gasteiger partial charge in [0.15, 0.2) is 24.3 Å². The van der Waals surface area contributed by atoms with Crippen LogP contribution in [-0.4, -0.2) is 69.1 Å². The second kappa shape index (κ2) is 7.61. The van der Waals surface area contributed by atoms with E-state index in [1.165, 1.54) is 0 Å². The Morgan fingerprint density at radius 3 is 2.31 bits per heavy atom. The summed E-state index contributed by atoms with van der Waals surface area (Å²) in [5.41, 5.74) is -1.77. The highest BCUT2D eigenvalue weighted by atomic mass is 16.8. The summed E-state index contributed by atoms with van der Waals surface area (Å²) in [6.07, 6.45) is -5.83. The highest BCUT2D eigenvalue weighted by Gasteiger charge is 2.58. The summed E-state index contributed by atoms with van der Waals surface area (Å²) in [4.78, 5) is 32.8. The Morgan fingerprint density at radius 1 is 1.21 bits per heavy atom. The third-order valence-corrected chi connectivity index (χ3v) is 4.40. The normalized spacial score (nSPS) is 28.6. The van der Waals surface area contributed by atoms with Crippen LogP contribution < -0.4 is 0 Å². The first-order valence-electron chi connectivity index (χ1n) is 8.47.